The Morgan fingerprint density at radius 2 is 1.95 bits per heavy atom. The molecular formula is C18H13ClO3. The number of benzene rings is 2. The molecule has 1 atom stereocenters. The standard InChI is InChI=1S/C18H13ClO3/c1-8-5-9(2)17-13(6-8)16(21)14-15(20)12-7-10(19)3-4-11(12)18(14)22-17/h3-7,15,20H,1-2H3. The van der Waals surface area contributed by atoms with Crippen molar-refractivity contribution in [1.82, 2.24) is 0 Å². The zero-order chi connectivity index (χ0) is 15.6. The summed E-state index contributed by atoms with van der Waals surface area (Å²) in [6.07, 6.45) is -0.995. The topological polar surface area (TPSA) is 50.4 Å². The van der Waals surface area contributed by atoms with Crippen molar-refractivity contribution in [3.8, 4) is 11.3 Å². The van der Waals surface area contributed by atoms with E-state index in [-0.39, 0.29) is 5.43 Å². The Balaban J connectivity index is 2.16. The predicted molar refractivity (Wildman–Crippen MR) is 86.5 cm³/mol. The number of hydrogen-bond donors (Lipinski definition) is 1. The lowest BCUT2D eigenvalue weighted by Crippen LogP contribution is -2.12. The lowest BCUT2D eigenvalue weighted by Gasteiger charge is -2.08. The van der Waals surface area contributed by atoms with Gasteiger partial charge in [-0.15, -0.1) is 0 Å². The molecule has 3 nitrogen and oxygen atoms in total. The fourth-order valence-electron chi connectivity index (χ4n) is 3.23. The van der Waals surface area contributed by atoms with Crippen LogP contribution < -0.4 is 5.43 Å². The average molecular weight is 313 g/mol. The van der Waals surface area contributed by atoms with Crippen LogP contribution in [0.1, 0.15) is 28.4 Å². The van der Waals surface area contributed by atoms with Crippen molar-refractivity contribution in [3.63, 3.8) is 0 Å². The quantitative estimate of drug-likeness (QED) is 0.679. The molecule has 0 amide bonds. The number of halogens is 1. The van der Waals surface area contributed by atoms with Crippen molar-refractivity contribution in [2.75, 3.05) is 0 Å². The summed E-state index contributed by atoms with van der Waals surface area (Å²) in [6, 6.07) is 8.97. The maximum atomic E-state index is 12.8. The van der Waals surface area contributed by atoms with E-state index in [1.807, 2.05) is 19.9 Å². The van der Waals surface area contributed by atoms with Gasteiger partial charge >= 0.3 is 0 Å². The fraction of sp³-hybridized carbons (Fsp3) is 0.167. The summed E-state index contributed by atoms with van der Waals surface area (Å²) in [5.74, 6) is 0.448. The van der Waals surface area contributed by atoms with E-state index in [2.05, 4.69) is 0 Å². The van der Waals surface area contributed by atoms with E-state index in [1.165, 1.54) is 0 Å². The van der Waals surface area contributed by atoms with E-state index in [4.69, 9.17) is 16.0 Å². The number of fused-ring (bicyclic) bond motifs is 4. The summed E-state index contributed by atoms with van der Waals surface area (Å²) in [4.78, 5) is 12.8. The Kier molecular flexibility index (Phi) is 2.74. The molecule has 1 heterocycles. The molecular weight excluding hydrogens is 300 g/mol. The molecule has 0 spiro atoms. The number of rotatable bonds is 0. The molecule has 3 aromatic rings. The van der Waals surface area contributed by atoms with Gasteiger partial charge in [0.15, 0.2) is 5.43 Å². The Hall–Kier alpha value is -2.10. The first-order valence-electron chi connectivity index (χ1n) is 7.03. The van der Waals surface area contributed by atoms with Gasteiger partial charge in [-0.2, -0.15) is 0 Å². The van der Waals surface area contributed by atoms with E-state index in [0.717, 1.165) is 16.7 Å². The molecule has 0 radical (unpaired) electrons. The minimum Gasteiger partial charge on any atom is -0.455 e. The van der Waals surface area contributed by atoms with Gasteiger partial charge in [-0.05, 0) is 54.8 Å². The summed E-state index contributed by atoms with van der Waals surface area (Å²) < 4.78 is 6.00. The third-order valence-electron chi connectivity index (χ3n) is 4.18. The maximum absolute atomic E-state index is 12.8. The molecule has 1 unspecified atom stereocenters. The maximum Gasteiger partial charge on any atom is 0.199 e. The van der Waals surface area contributed by atoms with Crippen molar-refractivity contribution in [1.29, 1.82) is 0 Å². The Morgan fingerprint density at radius 1 is 1.18 bits per heavy atom. The second-order valence-electron chi connectivity index (χ2n) is 5.77. The third kappa shape index (κ3) is 1.70. The molecule has 0 aliphatic heterocycles. The number of aliphatic hydroxyl groups is 1. The van der Waals surface area contributed by atoms with Crippen molar-refractivity contribution < 1.29 is 9.52 Å². The monoisotopic (exact) mass is 312 g/mol. The van der Waals surface area contributed by atoms with Crippen LogP contribution in [0.3, 0.4) is 0 Å². The number of hydrogen-bond acceptors (Lipinski definition) is 3. The minimum absolute atomic E-state index is 0.178. The third-order valence-corrected chi connectivity index (χ3v) is 4.42. The SMILES string of the molecule is Cc1cc(C)c2oc3c(c(=O)c2c1)C(O)c1cc(Cl)ccc1-3. The second-order valence-corrected chi connectivity index (χ2v) is 6.20. The molecule has 1 aliphatic rings. The Labute approximate surface area is 131 Å². The van der Waals surface area contributed by atoms with E-state index in [1.54, 1.807) is 24.3 Å². The lowest BCUT2D eigenvalue weighted by atomic mass is 10.0. The van der Waals surface area contributed by atoms with Crippen LogP contribution in [0.25, 0.3) is 22.3 Å². The molecule has 0 bridgehead atoms. The molecule has 0 saturated heterocycles. The largest absolute Gasteiger partial charge is 0.455 e. The van der Waals surface area contributed by atoms with Crippen LogP contribution >= 0.6 is 11.6 Å². The first-order valence-corrected chi connectivity index (χ1v) is 7.41. The highest BCUT2D eigenvalue weighted by Gasteiger charge is 2.33. The van der Waals surface area contributed by atoms with Crippen molar-refractivity contribution in [2.45, 2.75) is 20.0 Å². The van der Waals surface area contributed by atoms with Crippen LogP contribution in [0.2, 0.25) is 5.02 Å². The molecule has 4 heteroatoms. The van der Waals surface area contributed by atoms with Gasteiger partial charge in [0.05, 0.1) is 10.9 Å². The fourth-order valence-corrected chi connectivity index (χ4v) is 3.41. The normalized spacial score (nSPS) is 15.9. The summed E-state index contributed by atoms with van der Waals surface area (Å²) >= 11 is 6.00. The molecule has 0 saturated carbocycles. The minimum atomic E-state index is -0.995. The second kappa shape index (κ2) is 4.45. The molecule has 4 rings (SSSR count). The Bertz CT molecular complexity index is 1000. The lowest BCUT2D eigenvalue weighted by molar-refractivity contribution is 0.223. The van der Waals surface area contributed by atoms with Crippen LogP contribution in [0, 0.1) is 13.8 Å². The number of aliphatic hydroxyl groups excluding tert-OH is 1. The summed E-state index contributed by atoms with van der Waals surface area (Å²) in [6.45, 7) is 3.85. The zero-order valence-electron chi connectivity index (χ0n) is 12.1. The Morgan fingerprint density at radius 3 is 2.73 bits per heavy atom. The van der Waals surface area contributed by atoms with Crippen LogP contribution in [0.4, 0.5) is 0 Å². The average Bonchev–Trinajstić information content (AvgIpc) is 2.73. The van der Waals surface area contributed by atoms with E-state index < -0.39 is 6.10 Å². The molecule has 1 aromatic heterocycles. The number of aryl methyl sites for hydroxylation is 2. The van der Waals surface area contributed by atoms with Crippen LogP contribution in [0.15, 0.2) is 39.5 Å². The smallest absolute Gasteiger partial charge is 0.199 e. The highest BCUT2D eigenvalue weighted by atomic mass is 35.5. The van der Waals surface area contributed by atoms with Crippen LogP contribution in [-0.4, -0.2) is 5.11 Å². The molecule has 22 heavy (non-hydrogen) atoms. The first kappa shape index (κ1) is 13.6. The van der Waals surface area contributed by atoms with Gasteiger partial charge in [0.1, 0.15) is 17.4 Å². The van der Waals surface area contributed by atoms with Crippen LogP contribution in [-0.2, 0) is 0 Å². The summed E-state index contributed by atoms with van der Waals surface area (Å²) in [7, 11) is 0. The highest BCUT2D eigenvalue weighted by molar-refractivity contribution is 6.30. The van der Waals surface area contributed by atoms with Gasteiger partial charge in [0, 0.05) is 10.6 Å². The zero-order valence-corrected chi connectivity index (χ0v) is 12.9. The van der Waals surface area contributed by atoms with E-state index >= 15 is 0 Å². The highest BCUT2D eigenvalue weighted by Crippen LogP contribution is 2.44. The van der Waals surface area contributed by atoms with Crippen LogP contribution in [0.5, 0.6) is 0 Å². The van der Waals surface area contributed by atoms with Crippen molar-refractivity contribution >= 4 is 22.6 Å². The first-order chi connectivity index (χ1) is 10.5. The van der Waals surface area contributed by atoms with E-state index in [9.17, 15) is 9.90 Å². The van der Waals surface area contributed by atoms with Gasteiger partial charge < -0.3 is 9.52 Å². The predicted octanol–water partition coefficient (Wildman–Crippen LogP) is 4.13. The van der Waals surface area contributed by atoms with Gasteiger partial charge in [-0.25, -0.2) is 0 Å². The van der Waals surface area contributed by atoms with Gasteiger partial charge in [0.2, 0.25) is 0 Å². The molecule has 1 aliphatic carbocycles. The van der Waals surface area contributed by atoms with Crippen molar-refractivity contribution in [3.05, 3.63) is 67.8 Å². The molecule has 2 aromatic carbocycles. The molecule has 1 N–H and O–H groups in total. The van der Waals surface area contributed by atoms with Crippen molar-refractivity contribution in [2.24, 2.45) is 0 Å². The molecule has 0 fully saturated rings. The van der Waals surface area contributed by atoms with Gasteiger partial charge in [0.25, 0.3) is 0 Å². The van der Waals surface area contributed by atoms with Gasteiger partial charge in [-0.3, -0.25) is 4.79 Å². The van der Waals surface area contributed by atoms with Gasteiger partial charge in [-0.1, -0.05) is 17.7 Å². The van der Waals surface area contributed by atoms with E-state index in [0.29, 0.717) is 32.9 Å². The molecule has 110 valence electrons. The summed E-state index contributed by atoms with van der Waals surface area (Å²) in [5, 5.41) is 11.5. The summed E-state index contributed by atoms with van der Waals surface area (Å²) in [5.41, 5.74) is 3.94.